The maximum Gasteiger partial charge on any atom is 1.00 e. The first-order chi connectivity index (χ1) is 18.3. The van der Waals surface area contributed by atoms with E-state index in [4.69, 9.17) is 9.47 Å². The van der Waals surface area contributed by atoms with Gasteiger partial charge in [0.05, 0.1) is 29.2 Å². The van der Waals surface area contributed by atoms with Crippen LogP contribution in [-0.4, -0.2) is 38.1 Å². The van der Waals surface area contributed by atoms with Gasteiger partial charge in [0.1, 0.15) is 10.1 Å². The van der Waals surface area contributed by atoms with E-state index in [2.05, 4.69) is 38.2 Å². The predicted molar refractivity (Wildman–Crippen MR) is 149 cm³/mol. The summed E-state index contributed by atoms with van der Waals surface area (Å²) in [6.07, 6.45) is 22.3. The van der Waals surface area contributed by atoms with Crippen molar-refractivity contribution >= 4 is 22.1 Å². The number of allylic oxidation sites excluding steroid dienone is 4. The Morgan fingerprint density at radius 2 is 1.18 bits per heavy atom. The van der Waals surface area contributed by atoms with E-state index in [0.717, 1.165) is 83.1 Å². The molecule has 214 valence electrons. The van der Waals surface area contributed by atoms with Gasteiger partial charge in [-0.2, -0.15) is 0 Å². The standard InChI is InChI=1S/C30H46O7S.K/c1-3-5-7-9-11-13-15-17-19-24-36-29(31)26-22-21-23-27(38(33,34)35)28(26)30(32)37-25-20-18-16-14-12-10-8-6-4-2;/h7-10,21-23H,3-6,11-20,24-25H2,1-2H3,(H,33,34,35);/q;+1/p-1/b9-7+,10-8+;. The number of hydrogen-bond donors (Lipinski definition) is 0. The minimum absolute atomic E-state index is 0. The number of esters is 2. The molecule has 0 spiro atoms. The van der Waals surface area contributed by atoms with E-state index < -0.39 is 32.5 Å². The molecule has 7 nitrogen and oxygen atoms in total. The van der Waals surface area contributed by atoms with Crippen LogP contribution in [0.1, 0.15) is 124 Å². The number of carbonyl (C=O) groups is 2. The summed E-state index contributed by atoms with van der Waals surface area (Å²) >= 11 is 0. The average molecular weight is 589 g/mol. The van der Waals surface area contributed by atoms with Crippen LogP contribution in [0.2, 0.25) is 0 Å². The van der Waals surface area contributed by atoms with Crippen LogP contribution in [0.25, 0.3) is 0 Å². The Labute approximate surface area is 278 Å². The van der Waals surface area contributed by atoms with Crippen molar-refractivity contribution in [2.45, 2.75) is 109 Å². The smallest absolute Gasteiger partial charge is 0.744 e. The van der Waals surface area contributed by atoms with Gasteiger partial charge < -0.3 is 14.0 Å². The second-order valence-electron chi connectivity index (χ2n) is 9.33. The van der Waals surface area contributed by atoms with Gasteiger partial charge in [-0.3, -0.25) is 0 Å². The molecule has 9 heteroatoms. The quantitative estimate of drug-likeness (QED) is 0.0683. The number of unbranched alkanes of at least 4 members (excludes halogenated alkanes) is 10. The zero-order valence-corrected chi connectivity index (χ0v) is 28.1. The number of ether oxygens (including phenoxy) is 2. The Morgan fingerprint density at radius 1 is 0.718 bits per heavy atom. The fourth-order valence-electron chi connectivity index (χ4n) is 3.84. The maximum atomic E-state index is 12.8. The summed E-state index contributed by atoms with van der Waals surface area (Å²) in [6, 6.07) is 3.54. The van der Waals surface area contributed by atoms with Crippen LogP contribution in [0.5, 0.6) is 0 Å². The van der Waals surface area contributed by atoms with Crippen LogP contribution < -0.4 is 51.4 Å². The van der Waals surface area contributed by atoms with Crippen molar-refractivity contribution in [2.24, 2.45) is 0 Å². The van der Waals surface area contributed by atoms with Gasteiger partial charge in [-0.25, -0.2) is 18.0 Å². The topological polar surface area (TPSA) is 110 Å². The summed E-state index contributed by atoms with van der Waals surface area (Å²) < 4.78 is 45.9. The van der Waals surface area contributed by atoms with Crippen molar-refractivity contribution in [3.05, 3.63) is 53.6 Å². The monoisotopic (exact) mass is 588 g/mol. The Morgan fingerprint density at radius 3 is 1.67 bits per heavy atom. The van der Waals surface area contributed by atoms with Crippen LogP contribution in [0.4, 0.5) is 0 Å². The number of carbonyl (C=O) groups excluding carboxylic acids is 2. The molecule has 0 fully saturated rings. The van der Waals surface area contributed by atoms with Gasteiger partial charge in [0.2, 0.25) is 0 Å². The van der Waals surface area contributed by atoms with Gasteiger partial charge in [-0.15, -0.1) is 0 Å². The fourth-order valence-corrected chi connectivity index (χ4v) is 4.53. The van der Waals surface area contributed by atoms with E-state index in [1.54, 1.807) is 0 Å². The van der Waals surface area contributed by atoms with Crippen molar-refractivity contribution in [2.75, 3.05) is 13.2 Å². The van der Waals surface area contributed by atoms with Crippen molar-refractivity contribution in [1.82, 2.24) is 0 Å². The van der Waals surface area contributed by atoms with Gasteiger partial charge in [-0.05, 0) is 63.5 Å². The molecule has 39 heavy (non-hydrogen) atoms. The van der Waals surface area contributed by atoms with Crippen molar-refractivity contribution in [1.29, 1.82) is 0 Å². The number of hydrogen-bond acceptors (Lipinski definition) is 7. The molecule has 1 rings (SSSR count). The Kier molecular flexibility index (Phi) is 23.4. The average Bonchev–Trinajstić information content (AvgIpc) is 2.89. The number of benzene rings is 1. The first-order valence-corrected chi connectivity index (χ1v) is 15.5. The summed E-state index contributed by atoms with van der Waals surface area (Å²) in [7, 11) is -5.00. The zero-order valence-electron chi connectivity index (χ0n) is 24.1. The molecule has 0 heterocycles. The molecule has 0 atom stereocenters. The van der Waals surface area contributed by atoms with Gasteiger partial charge in [0.25, 0.3) is 0 Å². The third-order valence-corrected chi connectivity index (χ3v) is 6.84. The molecule has 0 aromatic heterocycles. The molecule has 1 aromatic carbocycles. The van der Waals surface area contributed by atoms with Crippen LogP contribution in [-0.2, 0) is 19.6 Å². The van der Waals surface area contributed by atoms with E-state index >= 15 is 0 Å². The van der Waals surface area contributed by atoms with Crippen molar-refractivity contribution < 1.29 is 83.4 Å². The molecular formula is C30H45KO7S. The van der Waals surface area contributed by atoms with Crippen molar-refractivity contribution in [3.8, 4) is 0 Å². The summed E-state index contributed by atoms with van der Waals surface area (Å²) in [6.45, 7) is 4.49. The van der Waals surface area contributed by atoms with Crippen LogP contribution in [0, 0.1) is 0 Å². The minimum Gasteiger partial charge on any atom is -0.744 e. The molecular weight excluding hydrogens is 543 g/mol. The van der Waals surface area contributed by atoms with E-state index in [-0.39, 0.29) is 70.2 Å². The molecule has 0 aliphatic heterocycles. The molecule has 0 bridgehead atoms. The molecule has 1 aromatic rings. The second kappa shape index (κ2) is 23.8. The zero-order chi connectivity index (χ0) is 28.1. The van der Waals surface area contributed by atoms with E-state index in [0.29, 0.717) is 12.8 Å². The summed E-state index contributed by atoms with van der Waals surface area (Å²) in [4.78, 5) is 24.7. The largest absolute Gasteiger partial charge is 1.00 e. The number of rotatable bonds is 21. The molecule has 0 saturated heterocycles. The second-order valence-corrected chi connectivity index (χ2v) is 10.7. The molecule has 0 aliphatic carbocycles. The third kappa shape index (κ3) is 17.6. The van der Waals surface area contributed by atoms with E-state index in [1.807, 2.05) is 0 Å². The molecule has 0 aliphatic rings. The molecule has 0 unspecified atom stereocenters. The fraction of sp³-hybridized carbons (Fsp3) is 0.600. The van der Waals surface area contributed by atoms with Crippen LogP contribution in [0.15, 0.2) is 47.4 Å². The molecule has 0 amide bonds. The SMILES string of the molecule is CCC/C=C/CCCCCCOC(=O)c1cccc(S(=O)(=O)[O-])c1C(=O)OCCCCCC/C=C/CCC.[K+]. The van der Waals surface area contributed by atoms with Gasteiger partial charge in [-0.1, -0.05) is 82.7 Å². The normalized spacial score (nSPS) is 11.6. The predicted octanol–water partition coefficient (Wildman–Crippen LogP) is 4.52. The first kappa shape index (κ1) is 38.2. The summed E-state index contributed by atoms with van der Waals surface area (Å²) in [5.41, 5.74) is -0.820. The van der Waals surface area contributed by atoms with E-state index in [9.17, 15) is 22.6 Å². The van der Waals surface area contributed by atoms with Gasteiger partial charge in [0.15, 0.2) is 0 Å². The van der Waals surface area contributed by atoms with Gasteiger partial charge in [0, 0.05) is 0 Å². The van der Waals surface area contributed by atoms with E-state index in [1.165, 1.54) is 12.1 Å². The Balaban J connectivity index is 0.0000144. The Hall–Kier alpha value is -0.814. The van der Waals surface area contributed by atoms with Gasteiger partial charge >= 0.3 is 63.3 Å². The molecule has 0 N–H and O–H groups in total. The summed E-state index contributed by atoms with van der Waals surface area (Å²) in [5, 5.41) is 0. The Bertz CT molecular complexity index is 987. The third-order valence-electron chi connectivity index (χ3n) is 5.96. The molecule has 0 saturated carbocycles. The van der Waals surface area contributed by atoms with Crippen LogP contribution in [0.3, 0.4) is 0 Å². The minimum atomic E-state index is -5.00. The maximum absolute atomic E-state index is 12.8. The van der Waals surface area contributed by atoms with Crippen LogP contribution >= 0.6 is 0 Å². The van der Waals surface area contributed by atoms with Crippen molar-refractivity contribution in [3.63, 3.8) is 0 Å². The summed E-state index contributed by atoms with van der Waals surface area (Å²) in [5.74, 6) is -1.85. The first-order valence-electron chi connectivity index (χ1n) is 14.1. The molecule has 0 radical (unpaired) electrons.